The molecule has 2 aromatic heterocycles. The van der Waals surface area contributed by atoms with E-state index in [2.05, 4.69) is 20.4 Å². The Morgan fingerprint density at radius 3 is 2.40 bits per heavy atom. The van der Waals surface area contributed by atoms with E-state index in [-0.39, 0.29) is 12.3 Å². The van der Waals surface area contributed by atoms with Crippen LogP contribution in [0.1, 0.15) is 49.7 Å². The van der Waals surface area contributed by atoms with Gasteiger partial charge in [-0.05, 0) is 43.4 Å². The van der Waals surface area contributed by atoms with Crippen LogP contribution >= 0.6 is 0 Å². The molecule has 1 aromatic carbocycles. The summed E-state index contributed by atoms with van der Waals surface area (Å²) < 4.78 is 21.6. The number of aryl methyl sites for hydroxylation is 2. The Balaban J connectivity index is 1.44. The van der Waals surface area contributed by atoms with Gasteiger partial charge in [-0.15, -0.1) is 0 Å². The van der Waals surface area contributed by atoms with Gasteiger partial charge in [0.05, 0.1) is 27.0 Å². The van der Waals surface area contributed by atoms with E-state index in [1.165, 1.54) is 6.42 Å². The number of rotatable bonds is 10. The summed E-state index contributed by atoms with van der Waals surface area (Å²) >= 11 is 0. The maximum absolute atomic E-state index is 12.6. The summed E-state index contributed by atoms with van der Waals surface area (Å²) in [6.45, 7) is 4.28. The smallest absolute Gasteiger partial charge is 0.263 e. The fourth-order valence-electron chi connectivity index (χ4n) is 4.37. The van der Waals surface area contributed by atoms with Crippen molar-refractivity contribution < 1.29 is 23.5 Å². The quantitative estimate of drug-likeness (QED) is 0.463. The van der Waals surface area contributed by atoms with Crippen molar-refractivity contribution in [1.29, 1.82) is 0 Å². The van der Waals surface area contributed by atoms with Crippen molar-refractivity contribution in [2.45, 2.75) is 52.0 Å². The number of piperidine rings is 1. The minimum atomic E-state index is -0.103. The van der Waals surface area contributed by atoms with Gasteiger partial charge in [0.1, 0.15) is 17.0 Å². The van der Waals surface area contributed by atoms with Gasteiger partial charge in [-0.1, -0.05) is 12.1 Å². The molecule has 1 N–H and O–H groups in total. The minimum absolute atomic E-state index is 0.103. The summed E-state index contributed by atoms with van der Waals surface area (Å²) in [5.41, 5.74) is 2.20. The maximum Gasteiger partial charge on any atom is 0.263 e. The first-order chi connectivity index (χ1) is 17.1. The van der Waals surface area contributed by atoms with Crippen molar-refractivity contribution >= 4 is 22.8 Å². The summed E-state index contributed by atoms with van der Waals surface area (Å²) in [4.78, 5) is 24.3. The van der Waals surface area contributed by atoms with Gasteiger partial charge in [-0.2, -0.15) is 4.98 Å². The zero-order valence-corrected chi connectivity index (χ0v) is 20.8. The highest BCUT2D eigenvalue weighted by molar-refractivity contribution is 5.88. The number of carbonyl (C=O) groups excluding carboxylic acids is 1. The predicted octanol–water partition coefficient (Wildman–Crippen LogP) is 3.45. The van der Waals surface area contributed by atoms with E-state index in [4.69, 9.17) is 23.7 Å². The fourth-order valence-corrected chi connectivity index (χ4v) is 4.37. The average Bonchev–Trinajstić information content (AvgIpc) is 3.33. The second-order valence-electron chi connectivity index (χ2n) is 8.48. The maximum atomic E-state index is 12.6. The first-order valence-electron chi connectivity index (χ1n) is 12.0. The van der Waals surface area contributed by atoms with Crippen LogP contribution in [0, 0.1) is 0 Å². The lowest BCUT2D eigenvalue weighted by Gasteiger charge is -2.28. The normalized spacial score (nSPS) is 13.7. The Morgan fingerprint density at radius 1 is 1.06 bits per heavy atom. The summed E-state index contributed by atoms with van der Waals surface area (Å²) in [5.74, 6) is 2.96. The number of benzene rings is 1. The van der Waals surface area contributed by atoms with Gasteiger partial charge in [0.25, 0.3) is 5.71 Å². The lowest BCUT2D eigenvalue weighted by atomic mass is 10.1. The number of anilines is 1. The first-order valence-corrected chi connectivity index (χ1v) is 12.0. The topological polar surface area (TPSA) is 112 Å². The molecule has 10 heteroatoms. The molecule has 3 heterocycles. The molecule has 0 aliphatic carbocycles. The number of aromatic nitrogens is 3. The summed E-state index contributed by atoms with van der Waals surface area (Å²) in [7, 11) is 4.68. The summed E-state index contributed by atoms with van der Waals surface area (Å²) in [6, 6.07) is 3.64. The van der Waals surface area contributed by atoms with E-state index in [1.807, 2.05) is 19.1 Å². The second kappa shape index (κ2) is 11.2. The highest BCUT2D eigenvalue weighted by Crippen LogP contribution is 2.38. The number of nitrogens with one attached hydrogen (secondary N) is 1. The third kappa shape index (κ3) is 5.41. The van der Waals surface area contributed by atoms with Crippen LogP contribution in [-0.4, -0.2) is 55.5 Å². The third-order valence-electron chi connectivity index (χ3n) is 6.21. The Kier molecular flexibility index (Phi) is 7.89. The van der Waals surface area contributed by atoms with E-state index < -0.39 is 0 Å². The van der Waals surface area contributed by atoms with E-state index in [0.29, 0.717) is 41.8 Å². The van der Waals surface area contributed by atoms with E-state index in [0.717, 1.165) is 54.8 Å². The van der Waals surface area contributed by atoms with Crippen molar-refractivity contribution in [2.24, 2.45) is 0 Å². The molecule has 0 unspecified atom stereocenters. The van der Waals surface area contributed by atoms with Gasteiger partial charge < -0.3 is 29.0 Å². The molecule has 188 valence electrons. The van der Waals surface area contributed by atoms with Crippen LogP contribution in [0.3, 0.4) is 0 Å². The summed E-state index contributed by atoms with van der Waals surface area (Å²) in [5, 5.41) is 8.03. The molecule has 3 aromatic rings. The largest absolute Gasteiger partial charge is 0.493 e. The molecule has 0 saturated carbocycles. The number of hydrogen-bond acceptors (Lipinski definition) is 9. The molecule has 35 heavy (non-hydrogen) atoms. The Hall–Kier alpha value is -3.56. The van der Waals surface area contributed by atoms with Crippen molar-refractivity contribution in [3.8, 4) is 17.2 Å². The number of nitrogens with zero attached hydrogens (tertiary/aromatic N) is 4. The predicted molar refractivity (Wildman–Crippen MR) is 131 cm³/mol. The van der Waals surface area contributed by atoms with E-state index in [9.17, 15) is 4.79 Å². The Bertz CT molecular complexity index is 1150. The van der Waals surface area contributed by atoms with Crippen molar-refractivity contribution in [3.63, 3.8) is 0 Å². The summed E-state index contributed by atoms with van der Waals surface area (Å²) in [6.07, 6.45) is 4.91. The van der Waals surface area contributed by atoms with Crippen molar-refractivity contribution in [1.82, 2.24) is 20.4 Å². The van der Waals surface area contributed by atoms with Gasteiger partial charge >= 0.3 is 0 Å². The standard InChI is InChI=1S/C25H33N5O5/c1-5-17-22-24(30-11-7-6-8-12-30)27-20(28-25(22)35-29-17)9-10-21(31)26-15-16-13-18(32-2)23(34-4)19(14-16)33-3/h13-14H,5-12,15H2,1-4H3,(H,26,31). The van der Waals surface area contributed by atoms with Crippen LogP contribution in [0.15, 0.2) is 16.7 Å². The third-order valence-corrected chi connectivity index (χ3v) is 6.21. The SMILES string of the molecule is CCc1noc2nc(CCC(=O)NCc3cc(OC)c(OC)c(OC)c3)nc(N3CCCCC3)c12. The number of carbonyl (C=O) groups is 1. The van der Waals surface area contributed by atoms with Crippen LogP contribution in [0.4, 0.5) is 5.82 Å². The van der Waals surface area contributed by atoms with Crippen molar-refractivity contribution in [3.05, 3.63) is 29.2 Å². The zero-order chi connectivity index (χ0) is 24.8. The molecule has 0 radical (unpaired) electrons. The molecular weight excluding hydrogens is 450 g/mol. The Morgan fingerprint density at radius 2 is 1.77 bits per heavy atom. The molecule has 1 amide bonds. The second-order valence-corrected chi connectivity index (χ2v) is 8.48. The fraction of sp³-hybridized carbons (Fsp3) is 0.520. The van der Waals surface area contributed by atoms with Crippen LogP contribution in [0.25, 0.3) is 11.1 Å². The number of fused-ring (bicyclic) bond motifs is 1. The first kappa shape index (κ1) is 24.6. The van der Waals surface area contributed by atoms with Gasteiger partial charge in [-0.25, -0.2) is 4.98 Å². The van der Waals surface area contributed by atoms with Gasteiger partial charge in [0, 0.05) is 32.5 Å². The molecular formula is C25H33N5O5. The molecule has 1 fully saturated rings. The number of hydrogen-bond donors (Lipinski definition) is 1. The lowest BCUT2D eigenvalue weighted by Crippen LogP contribution is -2.31. The molecule has 1 saturated heterocycles. The van der Waals surface area contributed by atoms with E-state index >= 15 is 0 Å². The van der Waals surface area contributed by atoms with Gasteiger partial charge in [0.2, 0.25) is 11.7 Å². The van der Waals surface area contributed by atoms with Crippen LogP contribution in [0.5, 0.6) is 17.2 Å². The molecule has 0 atom stereocenters. The number of amides is 1. The molecule has 4 rings (SSSR count). The highest BCUT2D eigenvalue weighted by atomic mass is 16.5. The molecule has 1 aliphatic rings. The highest BCUT2D eigenvalue weighted by Gasteiger charge is 2.22. The van der Waals surface area contributed by atoms with E-state index in [1.54, 1.807) is 21.3 Å². The van der Waals surface area contributed by atoms with Gasteiger partial charge in [-0.3, -0.25) is 4.79 Å². The van der Waals surface area contributed by atoms with Gasteiger partial charge in [0.15, 0.2) is 11.5 Å². The van der Waals surface area contributed by atoms with Crippen molar-refractivity contribution in [2.75, 3.05) is 39.3 Å². The van der Waals surface area contributed by atoms with Crippen LogP contribution in [-0.2, 0) is 24.2 Å². The number of methoxy groups -OCH3 is 3. The Labute approximate surface area is 204 Å². The molecule has 1 aliphatic heterocycles. The number of ether oxygens (including phenoxy) is 3. The van der Waals surface area contributed by atoms with Crippen LogP contribution in [0.2, 0.25) is 0 Å². The molecule has 0 bridgehead atoms. The minimum Gasteiger partial charge on any atom is -0.493 e. The van der Waals surface area contributed by atoms with Crippen LogP contribution < -0.4 is 24.4 Å². The monoisotopic (exact) mass is 483 g/mol. The molecule has 10 nitrogen and oxygen atoms in total. The lowest BCUT2D eigenvalue weighted by molar-refractivity contribution is -0.121. The average molecular weight is 484 g/mol. The zero-order valence-electron chi connectivity index (χ0n) is 20.8. The molecule has 0 spiro atoms.